The molecule has 3 N–H and O–H groups in total. The van der Waals surface area contributed by atoms with Crippen molar-refractivity contribution in [2.75, 3.05) is 38.7 Å². The Hall–Kier alpha value is -2.62. The van der Waals surface area contributed by atoms with E-state index >= 15 is 0 Å². The van der Waals surface area contributed by atoms with Crippen LogP contribution in [0.4, 0.5) is 0 Å². The van der Waals surface area contributed by atoms with Crippen molar-refractivity contribution in [3.8, 4) is 0 Å². The second-order valence-corrected chi connectivity index (χ2v) is 8.86. The summed E-state index contributed by atoms with van der Waals surface area (Å²) in [5.41, 5.74) is 1.16. The fraction of sp³-hybridized carbons (Fsp3) is 0.500. The van der Waals surface area contributed by atoms with Crippen LogP contribution in [0.1, 0.15) is 31.2 Å². The minimum atomic E-state index is -0.594. The zero-order valence-electron chi connectivity index (χ0n) is 20.3. The van der Waals surface area contributed by atoms with Gasteiger partial charge in [0.25, 0.3) is 0 Å². The van der Waals surface area contributed by atoms with Gasteiger partial charge in [0.15, 0.2) is 0 Å². The summed E-state index contributed by atoms with van der Waals surface area (Å²) in [5, 5.41) is 14.4. The van der Waals surface area contributed by atoms with Crippen molar-refractivity contribution in [3.63, 3.8) is 0 Å². The maximum atomic E-state index is 13.0. The van der Waals surface area contributed by atoms with Crippen molar-refractivity contribution >= 4 is 29.5 Å². The number of ether oxygens (including phenoxy) is 2. The molecule has 0 aliphatic rings. The molecule has 0 aliphatic heterocycles. The van der Waals surface area contributed by atoms with E-state index in [0.717, 1.165) is 11.3 Å². The minimum absolute atomic E-state index is 0.000847. The van der Waals surface area contributed by atoms with E-state index in [0.29, 0.717) is 25.1 Å². The molecule has 1 aromatic rings. The number of carbonyl (C=O) groups excluding carboxylic acids is 3. The third kappa shape index (κ3) is 15.1. The van der Waals surface area contributed by atoms with Crippen molar-refractivity contribution in [2.45, 2.75) is 37.5 Å². The first kappa shape index (κ1) is 30.4. The molecule has 35 heavy (non-hydrogen) atoms. The molecule has 9 heteroatoms. The predicted octanol–water partition coefficient (Wildman–Crippen LogP) is 2.62. The first-order chi connectivity index (χ1) is 17.0. The summed E-state index contributed by atoms with van der Waals surface area (Å²) in [7, 11) is 0. The Morgan fingerprint density at radius 2 is 1.89 bits per heavy atom. The zero-order valence-corrected chi connectivity index (χ0v) is 21.1. The molecule has 0 spiro atoms. The third-order valence-corrected chi connectivity index (χ3v) is 6.01. The molecule has 2 amide bonds. The Balaban J connectivity index is 2.65. The lowest BCUT2D eigenvalue weighted by molar-refractivity contribution is -0.145. The van der Waals surface area contributed by atoms with E-state index in [2.05, 4.69) is 23.8 Å². The first-order valence-corrected chi connectivity index (χ1v) is 12.9. The van der Waals surface area contributed by atoms with Crippen LogP contribution in [0.15, 0.2) is 55.6 Å². The highest BCUT2D eigenvalue weighted by atomic mass is 32.2. The normalized spacial score (nSPS) is 12.3. The molecule has 0 aliphatic carbocycles. The van der Waals surface area contributed by atoms with Crippen LogP contribution in [0.3, 0.4) is 0 Å². The van der Waals surface area contributed by atoms with Crippen LogP contribution in [0, 0.1) is 5.92 Å². The summed E-state index contributed by atoms with van der Waals surface area (Å²) in [6, 6.07) is 9.57. The predicted molar refractivity (Wildman–Crippen MR) is 139 cm³/mol. The molecule has 0 saturated heterocycles. The van der Waals surface area contributed by atoms with Crippen LogP contribution in [0.2, 0.25) is 0 Å². The Bertz CT molecular complexity index is 774. The molecule has 0 heterocycles. The molecule has 0 radical (unpaired) electrons. The molecular formula is C26H38N2O6S. The lowest BCUT2D eigenvalue weighted by Crippen LogP contribution is -2.44. The van der Waals surface area contributed by atoms with E-state index in [4.69, 9.17) is 14.6 Å². The van der Waals surface area contributed by atoms with Crippen LogP contribution < -0.4 is 10.6 Å². The Morgan fingerprint density at radius 1 is 1.11 bits per heavy atom. The summed E-state index contributed by atoms with van der Waals surface area (Å²) >= 11 is 1.63. The number of hydrogen-bond donors (Lipinski definition) is 3. The van der Waals surface area contributed by atoms with Crippen molar-refractivity contribution in [1.29, 1.82) is 0 Å². The number of nitrogens with one attached hydrogen (secondary N) is 2. The standard InChI is InChI=1S/C26H38N2O6S/c1-3-5-12-25(31)34-18-23(20-35-19-21-10-7-6-8-11-21)28-26(32)22(9-4-2)17-24(30)27-13-15-33-16-14-29/h3-4,6-8,10-11,22-23,29H,1-2,5,9,12-20H2,(H,27,30)(H,28,32)/t22-,23-/m1/s1. The molecule has 0 fully saturated rings. The minimum Gasteiger partial charge on any atom is -0.463 e. The largest absolute Gasteiger partial charge is 0.463 e. The lowest BCUT2D eigenvalue weighted by atomic mass is 9.99. The van der Waals surface area contributed by atoms with Gasteiger partial charge < -0.3 is 25.2 Å². The molecule has 1 aromatic carbocycles. The van der Waals surface area contributed by atoms with Gasteiger partial charge in [-0.25, -0.2) is 0 Å². The third-order valence-electron chi connectivity index (χ3n) is 4.83. The monoisotopic (exact) mass is 506 g/mol. The van der Waals surface area contributed by atoms with Gasteiger partial charge in [-0.05, 0) is 18.4 Å². The van der Waals surface area contributed by atoms with Gasteiger partial charge in [0.1, 0.15) is 6.61 Å². The quantitative estimate of drug-likeness (QED) is 0.142. The molecular weight excluding hydrogens is 468 g/mol. The van der Waals surface area contributed by atoms with Crippen LogP contribution in [0.25, 0.3) is 0 Å². The lowest BCUT2D eigenvalue weighted by Gasteiger charge is -2.22. The molecule has 8 nitrogen and oxygen atoms in total. The number of thioether (sulfide) groups is 1. The number of esters is 1. The van der Waals surface area contributed by atoms with Gasteiger partial charge in [-0.1, -0.05) is 42.5 Å². The van der Waals surface area contributed by atoms with Crippen molar-refractivity contribution in [2.24, 2.45) is 5.92 Å². The number of aliphatic hydroxyl groups is 1. The number of rotatable bonds is 20. The van der Waals surface area contributed by atoms with Crippen molar-refractivity contribution in [3.05, 3.63) is 61.2 Å². The maximum absolute atomic E-state index is 13.0. The van der Waals surface area contributed by atoms with E-state index in [1.807, 2.05) is 30.3 Å². The van der Waals surface area contributed by atoms with Crippen molar-refractivity contribution in [1.82, 2.24) is 10.6 Å². The Kier molecular flexibility index (Phi) is 17.1. The fourth-order valence-electron chi connectivity index (χ4n) is 3.04. The molecule has 0 aromatic heterocycles. The second kappa shape index (κ2) is 19.7. The van der Waals surface area contributed by atoms with Crippen LogP contribution in [0.5, 0.6) is 0 Å². The summed E-state index contributed by atoms with van der Waals surface area (Å²) in [6.07, 6.45) is 4.36. The number of amides is 2. The molecule has 0 saturated carbocycles. The molecule has 0 unspecified atom stereocenters. The highest BCUT2D eigenvalue weighted by Crippen LogP contribution is 2.15. The van der Waals surface area contributed by atoms with Crippen LogP contribution in [-0.4, -0.2) is 67.7 Å². The highest BCUT2D eigenvalue weighted by molar-refractivity contribution is 7.98. The fourth-order valence-corrected chi connectivity index (χ4v) is 4.05. The van der Waals surface area contributed by atoms with Crippen LogP contribution in [-0.2, 0) is 29.6 Å². The van der Waals surface area contributed by atoms with E-state index in [-0.39, 0.29) is 57.1 Å². The van der Waals surface area contributed by atoms with Gasteiger partial charge in [-0.15, -0.1) is 13.2 Å². The molecule has 0 bridgehead atoms. The van der Waals surface area contributed by atoms with Gasteiger partial charge in [-0.2, -0.15) is 11.8 Å². The average molecular weight is 507 g/mol. The first-order valence-electron chi connectivity index (χ1n) is 11.7. The van der Waals surface area contributed by atoms with E-state index < -0.39 is 12.0 Å². The number of carbonyl (C=O) groups is 3. The molecule has 1 rings (SSSR count). The SMILES string of the molecule is C=CCCC(=O)OC[C@H](CSCc1ccccc1)NC(=O)[C@H](CC=C)CC(=O)NCCOCCO. The van der Waals surface area contributed by atoms with E-state index in [1.54, 1.807) is 23.9 Å². The average Bonchev–Trinajstić information content (AvgIpc) is 2.86. The smallest absolute Gasteiger partial charge is 0.306 e. The molecule has 194 valence electrons. The second-order valence-electron chi connectivity index (χ2n) is 7.83. The van der Waals surface area contributed by atoms with Gasteiger partial charge in [-0.3, -0.25) is 14.4 Å². The summed E-state index contributed by atoms with van der Waals surface area (Å²) in [6.45, 7) is 8.06. The summed E-state index contributed by atoms with van der Waals surface area (Å²) in [5.74, 6) is -0.194. The number of allylic oxidation sites excluding steroid dienone is 2. The highest BCUT2D eigenvalue weighted by Gasteiger charge is 2.24. The van der Waals surface area contributed by atoms with Crippen molar-refractivity contribution < 1.29 is 29.0 Å². The van der Waals surface area contributed by atoms with Gasteiger partial charge in [0.2, 0.25) is 11.8 Å². The van der Waals surface area contributed by atoms with Gasteiger partial charge in [0.05, 0.1) is 31.8 Å². The van der Waals surface area contributed by atoms with E-state index in [1.165, 1.54) is 0 Å². The van der Waals surface area contributed by atoms with Crippen LogP contribution >= 0.6 is 11.8 Å². The summed E-state index contributed by atoms with van der Waals surface area (Å²) < 4.78 is 10.5. The summed E-state index contributed by atoms with van der Waals surface area (Å²) in [4.78, 5) is 37.2. The zero-order chi connectivity index (χ0) is 25.7. The van der Waals surface area contributed by atoms with E-state index in [9.17, 15) is 14.4 Å². The Morgan fingerprint density at radius 3 is 2.57 bits per heavy atom. The number of benzene rings is 1. The van der Waals surface area contributed by atoms with Gasteiger partial charge in [0, 0.05) is 30.9 Å². The molecule has 2 atom stereocenters. The topological polar surface area (TPSA) is 114 Å². The van der Waals surface area contributed by atoms with Gasteiger partial charge >= 0.3 is 5.97 Å². The Labute approximate surface area is 212 Å². The number of aliphatic hydroxyl groups excluding tert-OH is 1. The maximum Gasteiger partial charge on any atom is 0.306 e. The number of hydrogen-bond acceptors (Lipinski definition) is 7.